The van der Waals surface area contributed by atoms with Crippen molar-refractivity contribution in [2.24, 2.45) is 0 Å². The SMILES string of the molecule is O=C(NC1CCCCCC1)c1csc(Nc2ccccn2)n1. The lowest BCUT2D eigenvalue weighted by Gasteiger charge is -2.15. The van der Waals surface area contributed by atoms with Gasteiger partial charge in [0.15, 0.2) is 5.13 Å². The van der Waals surface area contributed by atoms with Crippen molar-refractivity contribution in [2.45, 2.75) is 44.6 Å². The van der Waals surface area contributed by atoms with E-state index in [4.69, 9.17) is 0 Å². The molecule has 1 amide bonds. The number of amides is 1. The molecule has 1 aliphatic rings. The van der Waals surface area contributed by atoms with Gasteiger partial charge in [0.2, 0.25) is 0 Å². The van der Waals surface area contributed by atoms with Crippen LogP contribution < -0.4 is 10.6 Å². The maximum absolute atomic E-state index is 12.3. The van der Waals surface area contributed by atoms with Crippen LogP contribution >= 0.6 is 11.3 Å². The Hall–Kier alpha value is -1.95. The molecule has 3 rings (SSSR count). The van der Waals surface area contributed by atoms with E-state index in [1.807, 2.05) is 18.2 Å². The molecule has 0 atom stereocenters. The topological polar surface area (TPSA) is 66.9 Å². The van der Waals surface area contributed by atoms with E-state index in [9.17, 15) is 4.79 Å². The Kier molecular flexibility index (Phi) is 5.00. The molecule has 1 fully saturated rings. The molecule has 6 heteroatoms. The second kappa shape index (κ2) is 7.35. The van der Waals surface area contributed by atoms with Crippen molar-refractivity contribution < 1.29 is 4.79 Å². The number of carbonyl (C=O) groups excluding carboxylic acids is 1. The highest BCUT2D eigenvalue weighted by atomic mass is 32.1. The Labute approximate surface area is 134 Å². The number of rotatable bonds is 4. The third-order valence-corrected chi connectivity index (χ3v) is 4.58. The minimum atomic E-state index is -0.0720. The fraction of sp³-hybridized carbons (Fsp3) is 0.438. The molecule has 1 aliphatic carbocycles. The standard InChI is InChI=1S/C16H20N4OS/c21-15(18-12-7-3-1-2-4-8-12)13-11-22-16(19-13)20-14-9-5-6-10-17-14/h5-6,9-12H,1-4,7-8H2,(H,18,21)(H,17,19,20). The summed E-state index contributed by atoms with van der Waals surface area (Å²) in [7, 11) is 0. The van der Waals surface area contributed by atoms with Crippen LogP contribution in [0.3, 0.4) is 0 Å². The van der Waals surface area contributed by atoms with Crippen LogP contribution in [0.15, 0.2) is 29.8 Å². The summed E-state index contributed by atoms with van der Waals surface area (Å²) in [5, 5.41) is 8.70. The lowest BCUT2D eigenvalue weighted by Crippen LogP contribution is -2.34. The normalized spacial score (nSPS) is 16.0. The summed E-state index contributed by atoms with van der Waals surface area (Å²) in [4.78, 5) is 20.8. The van der Waals surface area contributed by atoms with Crippen LogP contribution in [-0.2, 0) is 0 Å². The van der Waals surface area contributed by atoms with Gasteiger partial charge < -0.3 is 10.6 Å². The Morgan fingerprint density at radius 1 is 1.18 bits per heavy atom. The molecule has 0 aromatic carbocycles. The summed E-state index contributed by atoms with van der Waals surface area (Å²) >= 11 is 1.42. The molecule has 0 bridgehead atoms. The highest BCUT2D eigenvalue weighted by molar-refractivity contribution is 7.14. The molecule has 0 spiro atoms. The number of nitrogens with one attached hydrogen (secondary N) is 2. The van der Waals surface area contributed by atoms with E-state index < -0.39 is 0 Å². The monoisotopic (exact) mass is 316 g/mol. The quantitative estimate of drug-likeness (QED) is 0.843. The average molecular weight is 316 g/mol. The molecule has 2 aromatic rings. The van der Waals surface area contributed by atoms with Crippen LogP contribution in [0.5, 0.6) is 0 Å². The number of anilines is 2. The summed E-state index contributed by atoms with van der Waals surface area (Å²) in [6, 6.07) is 5.93. The number of hydrogen-bond acceptors (Lipinski definition) is 5. The molecule has 116 valence electrons. The van der Waals surface area contributed by atoms with Crippen molar-refractivity contribution in [1.82, 2.24) is 15.3 Å². The zero-order chi connectivity index (χ0) is 15.2. The van der Waals surface area contributed by atoms with Gasteiger partial charge in [0.25, 0.3) is 5.91 Å². The molecule has 0 saturated heterocycles. The van der Waals surface area contributed by atoms with Gasteiger partial charge in [-0.1, -0.05) is 31.7 Å². The molecule has 1 saturated carbocycles. The molecule has 2 N–H and O–H groups in total. The Morgan fingerprint density at radius 2 is 2.00 bits per heavy atom. The number of pyridine rings is 1. The van der Waals surface area contributed by atoms with Crippen LogP contribution in [0.1, 0.15) is 49.0 Å². The van der Waals surface area contributed by atoms with Crippen molar-refractivity contribution in [3.8, 4) is 0 Å². The molecule has 0 radical (unpaired) electrons. The van der Waals surface area contributed by atoms with Crippen molar-refractivity contribution >= 4 is 28.2 Å². The summed E-state index contributed by atoms with van der Waals surface area (Å²) in [6.07, 6.45) is 8.84. The van der Waals surface area contributed by atoms with E-state index in [1.54, 1.807) is 11.6 Å². The zero-order valence-electron chi connectivity index (χ0n) is 12.4. The Morgan fingerprint density at radius 3 is 2.73 bits per heavy atom. The molecular weight excluding hydrogens is 296 g/mol. The lowest BCUT2D eigenvalue weighted by atomic mass is 10.1. The number of nitrogens with zero attached hydrogens (tertiary/aromatic N) is 2. The van der Waals surface area contributed by atoms with Gasteiger partial charge in [0, 0.05) is 17.6 Å². The summed E-state index contributed by atoms with van der Waals surface area (Å²) in [5.41, 5.74) is 0.479. The van der Waals surface area contributed by atoms with E-state index in [0.717, 1.165) is 18.7 Å². The Bertz CT molecular complexity index is 606. The number of carbonyl (C=O) groups is 1. The molecule has 5 nitrogen and oxygen atoms in total. The minimum Gasteiger partial charge on any atom is -0.348 e. The first kappa shape index (κ1) is 15.0. The smallest absolute Gasteiger partial charge is 0.271 e. The van der Waals surface area contributed by atoms with Crippen LogP contribution in [0, 0.1) is 0 Å². The van der Waals surface area contributed by atoms with Gasteiger partial charge in [-0.2, -0.15) is 0 Å². The van der Waals surface area contributed by atoms with Crippen LogP contribution in [0.4, 0.5) is 10.9 Å². The van der Waals surface area contributed by atoms with Gasteiger partial charge >= 0.3 is 0 Å². The number of thiazole rings is 1. The maximum Gasteiger partial charge on any atom is 0.271 e. The van der Waals surface area contributed by atoms with Gasteiger partial charge in [-0.15, -0.1) is 11.3 Å². The summed E-state index contributed by atoms with van der Waals surface area (Å²) in [6.45, 7) is 0. The Balaban J connectivity index is 1.59. The molecule has 2 heterocycles. The second-order valence-corrected chi connectivity index (χ2v) is 6.40. The fourth-order valence-corrected chi connectivity index (χ4v) is 3.36. The van der Waals surface area contributed by atoms with Crippen LogP contribution in [0.2, 0.25) is 0 Å². The molecule has 0 aliphatic heterocycles. The highest BCUT2D eigenvalue weighted by Crippen LogP contribution is 2.21. The van der Waals surface area contributed by atoms with Crippen molar-refractivity contribution in [2.75, 3.05) is 5.32 Å². The maximum atomic E-state index is 12.3. The summed E-state index contributed by atoms with van der Waals surface area (Å²) in [5.74, 6) is 0.657. The second-order valence-electron chi connectivity index (χ2n) is 5.54. The predicted molar refractivity (Wildman–Crippen MR) is 88.6 cm³/mol. The van der Waals surface area contributed by atoms with E-state index in [-0.39, 0.29) is 5.91 Å². The first-order valence-electron chi connectivity index (χ1n) is 7.76. The molecule has 0 unspecified atom stereocenters. The largest absolute Gasteiger partial charge is 0.348 e. The minimum absolute atomic E-state index is 0.0720. The molecule has 22 heavy (non-hydrogen) atoms. The predicted octanol–water partition coefficient (Wildman–Crippen LogP) is 3.73. The third kappa shape index (κ3) is 4.04. The van der Waals surface area contributed by atoms with Gasteiger partial charge in [0.05, 0.1) is 0 Å². The third-order valence-electron chi connectivity index (χ3n) is 3.83. The van der Waals surface area contributed by atoms with Crippen LogP contribution in [0.25, 0.3) is 0 Å². The zero-order valence-corrected chi connectivity index (χ0v) is 13.2. The first-order valence-corrected chi connectivity index (χ1v) is 8.64. The van der Waals surface area contributed by atoms with Crippen molar-refractivity contribution in [3.05, 3.63) is 35.5 Å². The lowest BCUT2D eigenvalue weighted by molar-refractivity contribution is 0.0929. The van der Waals surface area contributed by atoms with E-state index in [0.29, 0.717) is 16.9 Å². The van der Waals surface area contributed by atoms with Crippen molar-refractivity contribution in [1.29, 1.82) is 0 Å². The van der Waals surface area contributed by atoms with E-state index in [2.05, 4.69) is 20.6 Å². The first-order chi connectivity index (χ1) is 10.8. The van der Waals surface area contributed by atoms with Gasteiger partial charge in [-0.05, 0) is 25.0 Å². The fourth-order valence-electron chi connectivity index (χ4n) is 2.66. The highest BCUT2D eigenvalue weighted by Gasteiger charge is 2.17. The molecule has 2 aromatic heterocycles. The van der Waals surface area contributed by atoms with Gasteiger partial charge in [-0.3, -0.25) is 4.79 Å². The number of hydrogen-bond donors (Lipinski definition) is 2. The van der Waals surface area contributed by atoms with E-state index in [1.165, 1.54) is 37.0 Å². The number of aromatic nitrogens is 2. The van der Waals surface area contributed by atoms with E-state index >= 15 is 0 Å². The van der Waals surface area contributed by atoms with Gasteiger partial charge in [-0.25, -0.2) is 9.97 Å². The van der Waals surface area contributed by atoms with Crippen LogP contribution in [-0.4, -0.2) is 21.9 Å². The van der Waals surface area contributed by atoms with Crippen molar-refractivity contribution in [3.63, 3.8) is 0 Å². The van der Waals surface area contributed by atoms with Gasteiger partial charge in [0.1, 0.15) is 11.5 Å². The summed E-state index contributed by atoms with van der Waals surface area (Å²) < 4.78 is 0. The average Bonchev–Trinajstić information content (AvgIpc) is 2.85. The molecular formula is C16H20N4OS.